The molecule has 4 aromatic heterocycles. The van der Waals surface area contributed by atoms with Gasteiger partial charge in [0.15, 0.2) is 0 Å². The predicted octanol–water partition coefficient (Wildman–Crippen LogP) is 6.99. The number of fused-ring (bicyclic) bond motifs is 2. The highest BCUT2D eigenvalue weighted by molar-refractivity contribution is 6.76. The van der Waals surface area contributed by atoms with Crippen LogP contribution in [0.15, 0.2) is 90.1 Å². The van der Waals surface area contributed by atoms with Crippen LogP contribution in [0, 0.1) is 6.92 Å². The van der Waals surface area contributed by atoms with E-state index >= 15 is 0 Å². The number of rotatable bonds is 8. The normalized spacial score (nSPS) is 12.0. The summed E-state index contributed by atoms with van der Waals surface area (Å²) in [6.07, 6.45) is 5.82. The molecule has 0 aliphatic heterocycles. The maximum atomic E-state index is 14.0. The zero-order valence-corrected chi connectivity index (χ0v) is 24.3. The lowest BCUT2D eigenvalue weighted by atomic mass is 10.0. The third kappa shape index (κ3) is 5.03. The van der Waals surface area contributed by atoms with Crippen LogP contribution in [-0.2, 0) is 11.5 Å². The molecule has 0 aliphatic rings. The molecule has 4 heterocycles. The van der Waals surface area contributed by atoms with E-state index in [9.17, 15) is 4.79 Å². The standard InChI is InChI=1S/C32H33N5O2Si/c1-22-28(25-12-13-27-24(19-25)11-8-15-33-27)32(38)37-31(34-22)29(23-9-6-5-7-10-23)30(35-37)26-14-16-36(20-26)21-39-17-18-40(2,3)4/h5-16,19-20,34H,17-18,21H2,1-4H3. The maximum absolute atomic E-state index is 14.0. The smallest absolute Gasteiger partial charge is 0.282 e. The molecule has 1 N–H and O–H groups in total. The van der Waals surface area contributed by atoms with Crippen molar-refractivity contribution in [2.45, 2.75) is 39.3 Å². The first-order valence-electron chi connectivity index (χ1n) is 13.6. The summed E-state index contributed by atoms with van der Waals surface area (Å²) >= 11 is 0. The van der Waals surface area contributed by atoms with Gasteiger partial charge < -0.3 is 14.3 Å². The van der Waals surface area contributed by atoms with Crippen molar-refractivity contribution in [2.24, 2.45) is 0 Å². The summed E-state index contributed by atoms with van der Waals surface area (Å²) < 4.78 is 9.50. The molecule has 6 aromatic rings. The fourth-order valence-corrected chi connectivity index (χ4v) is 5.80. The van der Waals surface area contributed by atoms with Gasteiger partial charge in [0.1, 0.15) is 18.1 Å². The van der Waals surface area contributed by atoms with E-state index < -0.39 is 8.07 Å². The van der Waals surface area contributed by atoms with Crippen molar-refractivity contribution in [1.82, 2.24) is 24.1 Å². The molecule has 8 heteroatoms. The fraction of sp³-hybridized carbons (Fsp3) is 0.219. The molecule has 0 spiro atoms. The van der Waals surface area contributed by atoms with Crippen molar-refractivity contribution in [3.63, 3.8) is 0 Å². The minimum Gasteiger partial charge on any atom is -0.361 e. The lowest BCUT2D eigenvalue weighted by molar-refractivity contribution is 0.0875. The number of hydrogen-bond acceptors (Lipinski definition) is 4. The van der Waals surface area contributed by atoms with Crippen LogP contribution in [0.3, 0.4) is 0 Å². The van der Waals surface area contributed by atoms with Crippen molar-refractivity contribution >= 4 is 24.6 Å². The highest BCUT2D eigenvalue weighted by atomic mass is 28.3. The number of hydrogen-bond donors (Lipinski definition) is 1. The summed E-state index contributed by atoms with van der Waals surface area (Å²) in [7, 11) is -1.14. The second kappa shape index (κ2) is 10.4. The highest BCUT2D eigenvalue weighted by Crippen LogP contribution is 2.35. The van der Waals surface area contributed by atoms with Crippen molar-refractivity contribution < 1.29 is 4.74 Å². The number of ether oxygens (including phenoxy) is 1. The van der Waals surface area contributed by atoms with Crippen molar-refractivity contribution in [2.75, 3.05) is 6.61 Å². The molecular weight excluding hydrogens is 514 g/mol. The Morgan fingerprint density at radius 3 is 2.55 bits per heavy atom. The second-order valence-corrected chi connectivity index (χ2v) is 17.1. The average molecular weight is 548 g/mol. The van der Waals surface area contributed by atoms with Gasteiger partial charge in [-0.25, -0.2) is 0 Å². The van der Waals surface area contributed by atoms with Crippen LogP contribution in [0.25, 0.3) is 50.1 Å². The van der Waals surface area contributed by atoms with E-state index in [1.165, 1.54) is 4.52 Å². The first kappa shape index (κ1) is 26.0. The van der Waals surface area contributed by atoms with Crippen LogP contribution in [0.4, 0.5) is 0 Å². The minimum absolute atomic E-state index is 0.160. The van der Waals surface area contributed by atoms with Gasteiger partial charge in [0, 0.05) is 49.9 Å². The Kier molecular flexibility index (Phi) is 6.73. The van der Waals surface area contributed by atoms with E-state index in [1.807, 2.05) is 78.5 Å². The summed E-state index contributed by atoms with van der Waals surface area (Å²) in [6.45, 7) is 10.2. The number of nitrogens with zero attached hydrogens (tertiary/aromatic N) is 4. The molecule has 6 rings (SSSR count). The minimum atomic E-state index is -1.14. The fourth-order valence-electron chi connectivity index (χ4n) is 5.05. The monoisotopic (exact) mass is 547 g/mol. The van der Waals surface area contributed by atoms with Crippen LogP contribution < -0.4 is 5.56 Å². The van der Waals surface area contributed by atoms with Gasteiger partial charge in [-0.15, -0.1) is 0 Å². The molecule has 0 amide bonds. The first-order chi connectivity index (χ1) is 19.3. The molecular formula is C32H33N5O2Si. The van der Waals surface area contributed by atoms with Crippen molar-refractivity contribution in [1.29, 1.82) is 0 Å². The van der Waals surface area contributed by atoms with E-state index in [-0.39, 0.29) is 5.56 Å². The topological polar surface area (TPSA) is 77.2 Å². The summed E-state index contributed by atoms with van der Waals surface area (Å²) in [5, 5.41) is 5.89. The Morgan fingerprint density at radius 2 is 1.75 bits per heavy atom. The summed E-state index contributed by atoms with van der Waals surface area (Å²) in [5.74, 6) is 0. The Labute approximate surface area is 234 Å². The van der Waals surface area contributed by atoms with Gasteiger partial charge in [-0.1, -0.05) is 62.1 Å². The predicted molar refractivity (Wildman–Crippen MR) is 164 cm³/mol. The number of pyridine rings is 1. The van der Waals surface area contributed by atoms with Gasteiger partial charge in [0.05, 0.1) is 16.6 Å². The average Bonchev–Trinajstić information content (AvgIpc) is 3.56. The largest absolute Gasteiger partial charge is 0.361 e. The molecule has 0 radical (unpaired) electrons. The Bertz CT molecular complexity index is 1880. The quantitative estimate of drug-likeness (QED) is 0.164. The molecule has 0 bridgehead atoms. The molecule has 0 saturated carbocycles. The van der Waals surface area contributed by atoms with E-state index in [1.54, 1.807) is 6.20 Å². The third-order valence-electron chi connectivity index (χ3n) is 7.19. The highest BCUT2D eigenvalue weighted by Gasteiger charge is 2.22. The van der Waals surface area contributed by atoms with E-state index in [0.717, 1.165) is 57.2 Å². The number of nitrogens with one attached hydrogen (secondary N) is 1. The molecule has 0 fully saturated rings. The van der Waals surface area contributed by atoms with E-state index in [0.29, 0.717) is 17.9 Å². The Balaban J connectivity index is 1.45. The van der Waals surface area contributed by atoms with Crippen molar-refractivity contribution in [3.05, 3.63) is 101 Å². The molecule has 0 aliphatic carbocycles. The van der Waals surface area contributed by atoms with Gasteiger partial charge >= 0.3 is 0 Å². The van der Waals surface area contributed by atoms with Gasteiger partial charge in [0.25, 0.3) is 5.56 Å². The zero-order valence-electron chi connectivity index (χ0n) is 23.3. The summed E-state index contributed by atoms with van der Waals surface area (Å²) in [6, 6.07) is 23.1. The van der Waals surface area contributed by atoms with Crippen LogP contribution in [0.1, 0.15) is 5.69 Å². The van der Waals surface area contributed by atoms with Gasteiger partial charge in [-0.2, -0.15) is 9.61 Å². The number of aromatic nitrogens is 5. The molecule has 0 unspecified atom stereocenters. The van der Waals surface area contributed by atoms with E-state index in [2.05, 4.69) is 41.7 Å². The Hall–Kier alpha value is -4.27. The Morgan fingerprint density at radius 1 is 0.925 bits per heavy atom. The third-order valence-corrected chi connectivity index (χ3v) is 8.89. The molecule has 7 nitrogen and oxygen atoms in total. The molecule has 40 heavy (non-hydrogen) atoms. The zero-order chi connectivity index (χ0) is 27.9. The van der Waals surface area contributed by atoms with Crippen LogP contribution in [0.2, 0.25) is 25.7 Å². The second-order valence-electron chi connectivity index (χ2n) is 11.5. The lowest BCUT2D eigenvalue weighted by Crippen LogP contribution is -2.21. The molecule has 0 atom stereocenters. The van der Waals surface area contributed by atoms with Gasteiger partial charge in [0.2, 0.25) is 0 Å². The van der Waals surface area contributed by atoms with Crippen LogP contribution in [-0.4, -0.2) is 38.8 Å². The summed E-state index contributed by atoms with van der Waals surface area (Å²) in [4.78, 5) is 22.0. The molecule has 2 aromatic carbocycles. The van der Waals surface area contributed by atoms with Gasteiger partial charge in [-0.05, 0) is 48.4 Å². The SMILES string of the molecule is Cc1[nH]c2c(-c3ccccc3)c(-c3ccn(COCC[Si](C)(C)C)c3)nn2c(=O)c1-c1ccc2ncccc2c1. The number of aromatic amines is 1. The van der Waals surface area contributed by atoms with Crippen molar-refractivity contribution in [3.8, 4) is 33.5 Å². The van der Waals surface area contributed by atoms with Crippen LogP contribution in [0.5, 0.6) is 0 Å². The summed E-state index contributed by atoms with van der Waals surface area (Å²) in [5.41, 5.74) is 7.20. The molecule has 0 saturated heterocycles. The molecule has 202 valence electrons. The lowest BCUT2D eigenvalue weighted by Gasteiger charge is -2.15. The van der Waals surface area contributed by atoms with Gasteiger partial charge in [-0.3, -0.25) is 9.78 Å². The van der Waals surface area contributed by atoms with Crippen LogP contribution >= 0.6 is 0 Å². The maximum Gasteiger partial charge on any atom is 0.282 e. The van der Waals surface area contributed by atoms with E-state index in [4.69, 9.17) is 9.84 Å². The first-order valence-corrected chi connectivity index (χ1v) is 17.3. The number of H-pyrrole nitrogens is 1. The number of aryl methyl sites for hydroxylation is 1. The number of benzene rings is 2.